The van der Waals surface area contributed by atoms with Crippen molar-refractivity contribution in [1.82, 2.24) is 0 Å². The zero-order valence-electron chi connectivity index (χ0n) is 17.5. The smallest absolute Gasteiger partial charge is 0.215 e. The molecule has 0 aliphatic heterocycles. The molecule has 0 saturated carbocycles. The van der Waals surface area contributed by atoms with Crippen molar-refractivity contribution < 1.29 is 8.78 Å². The summed E-state index contributed by atoms with van der Waals surface area (Å²) in [7, 11) is 0. The molecule has 0 fully saturated rings. The highest BCUT2D eigenvalue weighted by Crippen LogP contribution is 2.30. The van der Waals surface area contributed by atoms with E-state index >= 15 is 0 Å². The van der Waals surface area contributed by atoms with E-state index in [1.54, 1.807) is 42.8 Å². The van der Waals surface area contributed by atoms with Crippen molar-refractivity contribution in [3.63, 3.8) is 0 Å². The Hall–Kier alpha value is -2.64. The first-order valence-electron chi connectivity index (χ1n) is 9.14. The summed E-state index contributed by atoms with van der Waals surface area (Å²) in [5.41, 5.74) is -0.133. The van der Waals surface area contributed by atoms with Crippen molar-refractivity contribution in [3.05, 3.63) is 88.5 Å². The van der Waals surface area contributed by atoms with Crippen LogP contribution >= 0.6 is 24.0 Å². The maximum atomic E-state index is 14.3. The summed E-state index contributed by atoms with van der Waals surface area (Å²) < 4.78 is 28.5. The van der Waals surface area contributed by atoms with Gasteiger partial charge in [-0.2, -0.15) is 17.0 Å². The van der Waals surface area contributed by atoms with Gasteiger partial charge in [-0.1, -0.05) is 44.7 Å². The van der Waals surface area contributed by atoms with Crippen molar-refractivity contribution in [2.75, 3.05) is 6.26 Å². The maximum absolute atomic E-state index is 14.3. The van der Waals surface area contributed by atoms with Crippen LogP contribution in [0.1, 0.15) is 31.2 Å². The molecule has 7 heteroatoms. The van der Waals surface area contributed by atoms with E-state index in [0.29, 0.717) is 4.88 Å². The molecule has 2 N–H and O–H groups in total. The Balaban J connectivity index is 0.00000198. The number of halogens is 2. The summed E-state index contributed by atoms with van der Waals surface area (Å²) in [5, 5.41) is 17.9. The fourth-order valence-electron chi connectivity index (χ4n) is 2.39. The van der Waals surface area contributed by atoms with Gasteiger partial charge in [-0.3, -0.25) is 15.8 Å². The number of hydrogen-bond donors (Lipinski definition) is 3. The minimum Gasteiger partial charge on any atom is -0.299 e. The Labute approximate surface area is 187 Å². The van der Waals surface area contributed by atoms with Gasteiger partial charge in [0.25, 0.3) is 0 Å². The molecular formula is C23H27F2N3S2. The van der Waals surface area contributed by atoms with Crippen molar-refractivity contribution in [2.45, 2.75) is 20.8 Å². The molecule has 0 aliphatic rings. The molecule has 0 aliphatic carbocycles. The summed E-state index contributed by atoms with van der Waals surface area (Å²) in [6.07, 6.45) is 6.09. The first kappa shape index (κ1) is 27.4. The molecule has 2 aromatic rings. The Kier molecular flexibility index (Phi) is 13.9. The molecule has 0 spiro atoms. The van der Waals surface area contributed by atoms with Crippen LogP contribution in [0.15, 0.2) is 77.3 Å². The van der Waals surface area contributed by atoms with Crippen LogP contribution in [0.5, 0.6) is 0 Å². The number of aliphatic imine (C=N–C) groups is 1. The predicted octanol–water partition coefficient (Wildman–Crippen LogP) is 7.39. The van der Waals surface area contributed by atoms with Crippen LogP contribution in [0.4, 0.5) is 8.78 Å². The van der Waals surface area contributed by atoms with Crippen LogP contribution in [0.25, 0.3) is 5.57 Å². The topological polar surface area (TPSA) is 60.1 Å². The SMILES string of the molecule is C=CN=C(/C=C\C)/C(C(=N)F)=C(/C(=N)c1ccccc1F)c1cccs1.CC.CS. The molecule has 2 rings (SSSR count). The Morgan fingerprint density at radius 2 is 1.77 bits per heavy atom. The Bertz CT molecular complexity index is 928. The molecule has 0 atom stereocenters. The normalized spacial score (nSPS) is 11.5. The minimum absolute atomic E-state index is 0.0214. The van der Waals surface area contributed by atoms with Crippen LogP contribution in [-0.2, 0) is 0 Å². The molecule has 1 heterocycles. The highest BCUT2D eigenvalue weighted by atomic mass is 32.1. The molecule has 0 radical (unpaired) electrons. The third-order valence-corrected chi connectivity index (χ3v) is 4.33. The van der Waals surface area contributed by atoms with Gasteiger partial charge in [0, 0.05) is 22.2 Å². The second-order valence-corrected chi connectivity index (χ2v) is 6.04. The third kappa shape index (κ3) is 7.31. The average molecular weight is 448 g/mol. The van der Waals surface area contributed by atoms with E-state index in [-0.39, 0.29) is 28.1 Å². The fraction of sp³-hybridized carbons (Fsp3) is 0.174. The largest absolute Gasteiger partial charge is 0.299 e. The highest BCUT2D eigenvalue weighted by molar-refractivity contribution is 7.79. The van der Waals surface area contributed by atoms with E-state index in [4.69, 9.17) is 10.8 Å². The second kappa shape index (κ2) is 15.2. The Morgan fingerprint density at radius 3 is 2.23 bits per heavy atom. The lowest BCUT2D eigenvalue weighted by Crippen LogP contribution is -2.15. The van der Waals surface area contributed by atoms with Gasteiger partial charge in [-0.05, 0) is 42.8 Å². The predicted molar refractivity (Wildman–Crippen MR) is 132 cm³/mol. The molecule has 1 aromatic heterocycles. The summed E-state index contributed by atoms with van der Waals surface area (Å²) >= 11 is 4.80. The van der Waals surface area contributed by atoms with Gasteiger partial charge >= 0.3 is 0 Å². The first-order chi connectivity index (χ1) is 14.5. The second-order valence-electron chi connectivity index (χ2n) is 5.09. The number of allylic oxidation sites excluding steroid dienone is 4. The lowest BCUT2D eigenvalue weighted by atomic mass is 9.93. The van der Waals surface area contributed by atoms with Gasteiger partial charge in [-0.25, -0.2) is 4.39 Å². The van der Waals surface area contributed by atoms with E-state index < -0.39 is 11.8 Å². The fourth-order valence-corrected chi connectivity index (χ4v) is 3.17. The van der Waals surface area contributed by atoms with Gasteiger partial charge in [0.2, 0.25) is 5.97 Å². The molecular weight excluding hydrogens is 420 g/mol. The van der Waals surface area contributed by atoms with Crippen molar-refractivity contribution in [3.8, 4) is 0 Å². The molecule has 30 heavy (non-hydrogen) atoms. The van der Waals surface area contributed by atoms with Crippen molar-refractivity contribution >= 4 is 46.9 Å². The Morgan fingerprint density at radius 1 is 1.13 bits per heavy atom. The number of thiophene rings is 1. The van der Waals surface area contributed by atoms with Crippen LogP contribution in [0.2, 0.25) is 0 Å². The van der Waals surface area contributed by atoms with Crippen LogP contribution in [0, 0.1) is 16.6 Å². The monoisotopic (exact) mass is 447 g/mol. The highest BCUT2D eigenvalue weighted by Gasteiger charge is 2.24. The van der Waals surface area contributed by atoms with Gasteiger partial charge in [0.05, 0.1) is 17.0 Å². The molecule has 1 aromatic carbocycles. The van der Waals surface area contributed by atoms with Crippen molar-refractivity contribution in [1.29, 1.82) is 10.8 Å². The number of nitrogens with one attached hydrogen (secondary N) is 2. The number of hydrogen-bond acceptors (Lipinski definition) is 5. The van der Waals surface area contributed by atoms with Gasteiger partial charge in [-0.15, -0.1) is 11.3 Å². The summed E-state index contributed by atoms with van der Waals surface area (Å²) in [6.45, 7) is 9.24. The van der Waals surface area contributed by atoms with E-state index in [1.165, 1.54) is 41.8 Å². The third-order valence-electron chi connectivity index (χ3n) is 3.44. The molecule has 0 unspecified atom stereocenters. The number of nitrogens with zero attached hydrogens (tertiary/aromatic N) is 1. The van der Waals surface area contributed by atoms with E-state index in [0.717, 1.165) is 0 Å². The van der Waals surface area contributed by atoms with Crippen LogP contribution in [0.3, 0.4) is 0 Å². The summed E-state index contributed by atoms with van der Waals surface area (Å²) in [6, 6.07) is 9.24. The lowest BCUT2D eigenvalue weighted by Gasteiger charge is -2.14. The molecule has 160 valence electrons. The number of thiol groups is 1. The average Bonchev–Trinajstić information content (AvgIpc) is 3.29. The summed E-state index contributed by atoms with van der Waals surface area (Å²) in [5.74, 6) is -1.85. The zero-order valence-corrected chi connectivity index (χ0v) is 19.3. The van der Waals surface area contributed by atoms with E-state index in [2.05, 4.69) is 24.2 Å². The lowest BCUT2D eigenvalue weighted by molar-refractivity contribution is 0.625. The van der Waals surface area contributed by atoms with Crippen LogP contribution < -0.4 is 0 Å². The minimum atomic E-state index is -1.26. The molecule has 0 amide bonds. The zero-order chi connectivity index (χ0) is 23.1. The maximum Gasteiger partial charge on any atom is 0.215 e. The quantitative estimate of drug-likeness (QED) is 0.293. The number of benzene rings is 1. The first-order valence-corrected chi connectivity index (χ1v) is 10.9. The van der Waals surface area contributed by atoms with E-state index in [9.17, 15) is 8.78 Å². The van der Waals surface area contributed by atoms with Gasteiger partial charge in [0.15, 0.2) is 0 Å². The van der Waals surface area contributed by atoms with Crippen molar-refractivity contribution in [2.24, 2.45) is 4.99 Å². The van der Waals surface area contributed by atoms with Gasteiger partial charge in [0.1, 0.15) is 5.82 Å². The van der Waals surface area contributed by atoms with Crippen LogP contribution in [-0.4, -0.2) is 23.6 Å². The number of rotatable bonds is 7. The standard InChI is InChI=1S/C20H17F2N3S.C2H6.CH4S/c1-3-8-15(25-4-2)17(20(22)24)18(16-11-7-12-26-16)19(23)13-9-5-6-10-14(13)21;2*1-2/h3-12,23-24H,2H2,1H3;1-2H3;2H,1H3/b8-3-,18-17-,23-19?,24-20?,25-15?;;. The van der Waals surface area contributed by atoms with Gasteiger partial charge < -0.3 is 0 Å². The molecule has 0 saturated heterocycles. The molecule has 3 nitrogen and oxygen atoms in total. The molecule has 0 bridgehead atoms. The summed E-state index contributed by atoms with van der Waals surface area (Å²) in [4.78, 5) is 4.57. The van der Waals surface area contributed by atoms with E-state index in [1.807, 2.05) is 13.8 Å².